The molecule has 1 N–H and O–H groups in total. The molecular weight excluding hydrogens is 749 g/mol. The molecule has 4 heteroatoms. The minimum atomic E-state index is -0.554. The normalized spacial score (nSPS) is 13.0. The number of carbonyl (C=O) groups is 1. The topological polar surface area (TPSA) is 55.8 Å². The zero-order valence-electron chi connectivity index (χ0n) is 40.4. The monoisotopic (exact) mass is 849 g/mol. The van der Waals surface area contributed by atoms with Gasteiger partial charge in [0.25, 0.3) is 0 Å². The molecule has 1 unspecified atom stereocenters. The minimum Gasteiger partial charge on any atom is -0.457 e. The van der Waals surface area contributed by atoms with Crippen LogP contribution in [0.4, 0.5) is 0 Å². The predicted molar refractivity (Wildman–Crippen MR) is 269 cm³/mol. The van der Waals surface area contributed by atoms with Crippen LogP contribution in [0, 0.1) is 0 Å². The Hall–Kier alpha value is -2.43. The lowest BCUT2D eigenvalue weighted by molar-refractivity contribution is -0.154. The van der Waals surface area contributed by atoms with E-state index in [2.05, 4.69) is 98.9 Å². The Morgan fingerprint density at radius 1 is 0.410 bits per heavy atom. The molecule has 0 amide bonds. The first-order chi connectivity index (χ1) is 30.2. The van der Waals surface area contributed by atoms with E-state index in [-0.39, 0.29) is 19.2 Å². The SMILES string of the molecule is CC/C=C\C/C=C\C/C=C\C/C=C\C/C=C\C/C=C\CCCCCCC(=O)OC(CO)COCCCCCCCCCCCCCCCC/C=C\CCCCCCCCCC. The van der Waals surface area contributed by atoms with Crippen molar-refractivity contribution in [1.82, 2.24) is 0 Å². The highest BCUT2D eigenvalue weighted by Crippen LogP contribution is 2.15. The van der Waals surface area contributed by atoms with Gasteiger partial charge >= 0.3 is 5.97 Å². The van der Waals surface area contributed by atoms with Crippen LogP contribution in [-0.2, 0) is 14.3 Å². The molecule has 0 radical (unpaired) electrons. The maximum atomic E-state index is 12.3. The lowest BCUT2D eigenvalue weighted by atomic mass is 10.0. The van der Waals surface area contributed by atoms with E-state index in [1.807, 2.05) is 0 Å². The molecule has 61 heavy (non-hydrogen) atoms. The van der Waals surface area contributed by atoms with E-state index in [4.69, 9.17) is 9.47 Å². The van der Waals surface area contributed by atoms with E-state index in [1.165, 1.54) is 148 Å². The molecule has 0 aliphatic rings. The van der Waals surface area contributed by atoms with Gasteiger partial charge in [0.05, 0.1) is 13.2 Å². The van der Waals surface area contributed by atoms with Crippen molar-refractivity contribution < 1.29 is 19.4 Å². The summed E-state index contributed by atoms with van der Waals surface area (Å²) in [6.45, 7) is 5.22. The number of unbranched alkanes of at least 4 members (excludes halogenated alkanes) is 26. The maximum Gasteiger partial charge on any atom is 0.306 e. The van der Waals surface area contributed by atoms with Crippen molar-refractivity contribution in [1.29, 1.82) is 0 Å². The molecule has 0 aromatic rings. The lowest BCUT2D eigenvalue weighted by Crippen LogP contribution is -2.27. The zero-order chi connectivity index (χ0) is 44.0. The second kappa shape index (κ2) is 53.7. The highest BCUT2D eigenvalue weighted by molar-refractivity contribution is 5.69. The molecule has 0 aromatic carbocycles. The Kier molecular flexibility index (Phi) is 51.6. The van der Waals surface area contributed by atoms with Crippen molar-refractivity contribution in [3.8, 4) is 0 Å². The molecule has 0 saturated carbocycles. The molecule has 0 bridgehead atoms. The fraction of sp³-hybridized carbons (Fsp3) is 0.737. The second-order valence-electron chi connectivity index (χ2n) is 17.2. The van der Waals surface area contributed by atoms with Crippen LogP contribution in [0.15, 0.2) is 85.1 Å². The van der Waals surface area contributed by atoms with E-state index in [0.29, 0.717) is 13.0 Å². The van der Waals surface area contributed by atoms with Gasteiger partial charge in [-0.15, -0.1) is 0 Å². The van der Waals surface area contributed by atoms with Crippen molar-refractivity contribution in [2.24, 2.45) is 0 Å². The summed E-state index contributed by atoms with van der Waals surface area (Å²) in [6.07, 6.45) is 75.4. The van der Waals surface area contributed by atoms with E-state index < -0.39 is 6.10 Å². The summed E-state index contributed by atoms with van der Waals surface area (Å²) in [5, 5.41) is 9.65. The summed E-state index contributed by atoms with van der Waals surface area (Å²) in [6, 6.07) is 0. The van der Waals surface area contributed by atoms with E-state index in [0.717, 1.165) is 77.0 Å². The van der Waals surface area contributed by atoms with Crippen LogP contribution in [0.1, 0.15) is 245 Å². The van der Waals surface area contributed by atoms with Crippen LogP contribution >= 0.6 is 0 Å². The van der Waals surface area contributed by atoms with Gasteiger partial charge in [-0.1, -0.05) is 234 Å². The van der Waals surface area contributed by atoms with Crippen LogP contribution in [-0.4, -0.2) is 37.0 Å². The minimum absolute atomic E-state index is 0.185. The molecular formula is C57H100O4. The number of hydrogen-bond acceptors (Lipinski definition) is 4. The standard InChI is InChI=1S/C57H100O4/c1-3-5-7-9-11-13-15-17-19-21-23-25-27-28-29-31-33-35-37-39-41-43-45-47-49-51-53-60-55-56(54-58)61-57(59)52-50-48-46-44-42-40-38-36-34-32-30-26-24-22-20-18-16-14-12-10-8-6-4-2/h6,8,12,14,18,20-21,23-24,26,32,34,38,40,56,58H,3-5,7,9-11,13,15-17,19,22,25,27-31,33,35-37,39,41-55H2,1-2H3/b8-6-,14-12-,20-18-,23-21-,26-24-,34-32-,40-38-. The highest BCUT2D eigenvalue weighted by atomic mass is 16.6. The van der Waals surface area contributed by atoms with Crippen LogP contribution in [0.3, 0.4) is 0 Å². The molecule has 0 spiro atoms. The first-order valence-corrected chi connectivity index (χ1v) is 26.2. The average molecular weight is 849 g/mol. The third-order valence-corrected chi connectivity index (χ3v) is 11.2. The number of aliphatic hydroxyl groups excluding tert-OH is 1. The summed E-state index contributed by atoms with van der Waals surface area (Å²) >= 11 is 0. The average Bonchev–Trinajstić information content (AvgIpc) is 3.27. The molecule has 0 saturated heterocycles. The van der Waals surface area contributed by atoms with Crippen LogP contribution in [0.25, 0.3) is 0 Å². The van der Waals surface area contributed by atoms with Gasteiger partial charge in [0.15, 0.2) is 0 Å². The number of esters is 1. The van der Waals surface area contributed by atoms with Gasteiger partial charge in [-0.25, -0.2) is 0 Å². The molecule has 1 atom stereocenters. The van der Waals surface area contributed by atoms with Gasteiger partial charge in [0.1, 0.15) is 6.10 Å². The summed E-state index contributed by atoms with van der Waals surface area (Å²) in [7, 11) is 0. The second-order valence-corrected chi connectivity index (χ2v) is 17.2. The molecule has 0 fully saturated rings. The molecule has 4 nitrogen and oxygen atoms in total. The molecule has 352 valence electrons. The molecule has 0 aliphatic carbocycles. The third kappa shape index (κ3) is 51.8. The van der Waals surface area contributed by atoms with Crippen LogP contribution in [0.2, 0.25) is 0 Å². The summed E-state index contributed by atoms with van der Waals surface area (Å²) in [5.41, 5.74) is 0. The first-order valence-electron chi connectivity index (χ1n) is 26.2. The highest BCUT2D eigenvalue weighted by Gasteiger charge is 2.13. The first kappa shape index (κ1) is 58.6. The zero-order valence-corrected chi connectivity index (χ0v) is 40.4. The quantitative estimate of drug-likeness (QED) is 0.0376. The van der Waals surface area contributed by atoms with E-state index in [9.17, 15) is 9.90 Å². The number of rotatable bonds is 48. The summed E-state index contributed by atoms with van der Waals surface area (Å²) in [4.78, 5) is 12.3. The van der Waals surface area contributed by atoms with Gasteiger partial charge in [-0.05, 0) is 89.9 Å². The third-order valence-electron chi connectivity index (χ3n) is 11.2. The van der Waals surface area contributed by atoms with Crippen LogP contribution < -0.4 is 0 Å². The Morgan fingerprint density at radius 2 is 0.738 bits per heavy atom. The Balaban J connectivity index is 3.47. The maximum absolute atomic E-state index is 12.3. The largest absolute Gasteiger partial charge is 0.457 e. The summed E-state index contributed by atoms with van der Waals surface area (Å²) < 4.78 is 11.2. The van der Waals surface area contributed by atoms with Crippen molar-refractivity contribution in [3.05, 3.63) is 85.1 Å². The Labute approximate surface area is 380 Å². The molecule has 0 rings (SSSR count). The molecule has 0 aromatic heterocycles. The number of allylic oxidation sites excluding steroid dienone is 14. The lowest BCUT2D eigenvalue weighted by Gasteiger charge is -2.15. The molecule has 0 aliphatic heterocycles. The number of ether oxygens (including phenoxy) is 2. The fourth-order valence-corrected chi connectivity index (χ4v) is 7.33. The smallest absolute Gasteiger partial charge is 0.306 e. The van der Waals surface area contributed by atoms with Gasteiger partial charge in [-0.2, -0.15) is 0 Å². The van der Waals surface area contributed by atoms with Crippen molar-refractivity contribution in [2.75, 3.05) is 19.8 Å². The summed E-state index contributed by atoms with van der Waals surface area (Å²) in [5.74, 6) is -0.224. The Bertz CT molecular complexity index is 1080. The number of aliphatic hydroxyl groups is 1. The number of carbonyl (C=O) groups excluding carboxylic acids is 1. The molecule has 0 heterocycles. The van der Waals surface area contributed by atoms with Crippen LogP contribution in [0.5, 0.6) is 0 Å². The van der Waals surface area contributed by atoms with Gasteiger partial charge in [-0.3, -0.25) is 4.79 Å². The van der Waals surface area contributed by atoms with Gasteiger partial charge < -0.3 is 14.6 Å². The van der Waals surface area contributed by atoms with Gasteiger partial charge in [0.2, 0.25) is 0 Å². The van der Waals surface area contributed by atoms with Crippen molar-refractivity contribution in [3.63, 3.8) is 0 Å². The fourth-order valence-electron chi connectivity index (χ4n) is 7.33. The number of hydrogen-bond donors (Lipinski definition) is 1. The van der Waals surface area contributed by atoms with E-state index >= 15 is 0 Å². The van der Waals surface area contributed by atoms with Crippen molar-refractivity contribution >= 4 is 5.97 Å². The Morgan fingerprint density at radius 3 is 1.13 bits per heavy atom. The van der Waals surface area contributed by atoms with Crippen molar-refractivity contribution in [2.45, 2.75) is 251 Å². The predicted octanol–water partition coefficient (Wildman–Crippen LogP) is 17.9. The van der Waals surface area contributed by atoms with E-state index in [1.54, 1.807) is 0 Å². The van der Waals surface area contributed by atoms with Gasteiger partial charge in [0, 0.05) is 13.0 Å².